The monoisotopic (exact) mass is 792 g/mol. The van der Waals surface area contributed by atoms with Crippen LogP contribution in [0.3, 0.4) is 0 Å². The van der Waals surface area contributed by atoms with E-state index in [4.69, 9.17) is 18.9 Å². The third-order valence-electron chi connectivity index (χ3n) is 9.95. The molecule has 0 saturated heterocycles. The second kappa shape index (κ2) is 21.5. The Kier molecular flexibility index (Phi) is 16.0. The molecule has 4 N–H and O–H groups in total. The second-order valence-electron chi connectivity index (χ2n) is 15.1. The molecule has 4 aromatic carbocycles. The Hall–Kier alpha value is -6.04. The van der Waals surface area contributed by atoms with Gasteiger partial charge in [-0.3, -0.25) is 0 Å². The van der Waals surface area contributed by atoms with Gasteiger partial charge in [-0.15, -0.1) is 0 Å². The Morgan fingerprint density at radius 2 is 0.879 bits per heavy atom. The van der Waals surface area contributed by atoms with E-state index in [9.17, 15) is 19.2 Å². The molecule has 4 amide bonds. The van der Waals surface area contributed by atoms with Crippen LogP contribution in [0, 0.1) is 13.8 Å². The number of ether oxygens (including phenoxy) is 4. The summed E-state index contributed by atoms with van der Waals surface area (Å²) in [6, 6.07) is 29.4. The van der Waals surface area contributed by atoms with Crippen LogP contribution in [-0.4, -0.2) is 61.5 Å². The Balaban J connectivity index is 0.000000221. The van der Waals surface area contributed by atoms with Crippen molar-refractivity contribution >= 4 is 35.4 Å². The lowest BCUT2D eigenvalue weighted by molar-refractivity contribution is 0.0377. The SMILES string of the molecule is COC(=O)c1ccc(OC2CCC(NC(=O)Nc3ccc(C)cc3)CC2)cc1.Cc1ccc(NC(=O)NC2CCC(Oc3ccc(C(=O)OC(C)C)cc3)CC2)cc1. The van der Waals surface area contributed by atoms with Crippen molar-refractivity contribution in [2.75, 3.05) is 17.7 Å². The van der Waals surface area contributed by atoms with E-state index < -0.39 is 0 Å². The number of urea groups is 2. The molecule has 0 radical (unpaired) electrons. The highest BCUT2D eigenvalue weighted by Crippen LogP contribution is 2.26. The van der Waals surface area contributed by atoms with Crippen LogP contribution in [0.2, 0.25) is 0 Å². The van der Waals surface area contributed by atoms with E-state index in [1.807, 2.05) is 76.2 Å². The largest absolute Gasteiger partial charge is 0.490 e. The van der Waals surface area contributed by atoms with Crippen molar-refractivity contribution in [3.63, 3.8) is 0 Å². The average molecular weight is 793 g/mol. The van der Waals surface area contributed by atoms with E-state index in [0.717, 1.165) is 85.4 Å². The van der Waals surface area contributed by atoms with Gasteiger partial charge in [0.2, 0.25) is 0 Å². The number of hydrogen-bond acceptors (Lipinski definition) is 8. The number of hydrogen-bond donors (Lipinski definition) is 4. The van der Waals surface area contributed by atoms with Gasteiger partial charge in [0.1, 0.15) is 11.5 Å². The van der Waals surface area contributed by atoms with Gasteiger partial charge in [0, 0.05) is 23.5 Å². The number of benzene rings is 4. The van der Waals surface area contributed by atoms with E-state index in [1.165, 1.54) is 7.11 Å². The van der Waals surface area contributed by atoms with Gasteiger partial charge in [0.25, 0.3) is 0 Å². The first kappa shape index (κ1) is 43.1. The summed E-state index contributed by atoms with van der Waals surface area (Å²) in [5.74, 6) is 0.792. The van der Waals surface area contributed by atoms with Gasteiger partial charge in [-0.1, -0.05) is 35.4 Å². The first-order chi connectivity index (χ1) is 27.9. The average Bonchev–Trinajstić information content (AvgIpc) is 3.21. The summed E-state index contributed by atoms with van der Waals surface area (Å²) in [6.07, 6.45) is 7.02. The van der Waals surface area contributed by atoms with E-state index in [0.29, 0.717) is 11.1 Å². The van der Waals surface area contributed by atoms with Crippen LogP contribution in [0.1, 0.15) is 97.1 Å². The maximum Gasteiger partial charge on any atom is 0.338 e. The van der Waals surface area contributed by atoms with E-state index >= 15 is 0 Å². The molecule has 2 fully saturated rings. The van der Waals surface area contributed by atoms with E-state index in [2.05, 4.69) is 21.3 Å². The zero-order valence-corrected chi connectivity index (χ0v) is 34.0. The highest BCUT2D eigenvalue weighted by atomic mass is 16.5. The van der Waals surface area contributed by atoms with Crippen LogP contribution in [0.15, 0.2) is 97.1 Å². The fourth-order valence-corrected chi connectivity index (χ4v) is 6.75. The maximum absolute atomic E-state index is 12.2. The highest BCUT2D eigenvalue weighted by Gasteiger charge is 2.25. The van der Waals surface area contributed by atoms with Gasteiger partial charge in [-0.25, -0.2) is 19.2 Å². The fraction of sp³-hybridized carbons (Fsp3) is 0.391. The van der Waals surface area contributed by atoms with Gasteiger partial charge in [0.15, 0.2) is 0 Å². The van der Waals surface area contributed by atoms with Gasteiger partial charge in [0.05, 0.1) is 36.5 Å². The molecule has 308 valence electrons. The Labute approximate surface area is 341 Å². The molecule has 0 atom stereocenters. The number of carbonyl (C=O) groups is 4. The normalized spacial score (nSPS) is 18.7. The molecule has 0 spiro atoms. The van der Waals surface area contributed by atoms with Crippen molar-refractivity contribution in [1.29, 1.82) is 0 Å². The quantitative estimate of drug-likeness (QED) is 0.110. The smallest absolute Gasteiger partial charge is 0.338 e. The zero-order valence-electron chi connectivity index (χ0n) is 34.0. The van der Waals surface area contributed by atoms with Crippen molar-refractivity contribution in [3.8, 4) is 11.5 Å². The summed E-state index contributed by atoms with van der Waals surface area (Å²) in [5.41, 5.74) is 4.91. The van der Waals surface area contributed by atoms with Crippen LogP contribution < -0.4 is 30.7 Å². The van der Waals surface area contributed by atoms with Crippen LogP contribution in [0.4, 0.5) is 21.0 Å². The second-order valence-corrected chi connectivity index (χ2v) is 15.1. The number of anilines is 2. The molecule has 6 rings (SSSR count). The van der Waals surface area contributed by atoms with Crippen molar-refractivity contribution in [1.82, 2.24) is 10.6 Å². The number of methoxy groups -OCH3 is 1. The third kappa shape index (κ3) is 14.2. The molecular formula is C46H56N4O8. The van der Waals surface area contributed by atoms with Crippen LogP contribution in [-0.2, 0) is 9.47 Å². The lowest BCUT2D eigenvalue weighted by Crippen LogP contribution is -2.41. The minimum atomic E-state index is -0.359. The van der Waals surface area contributed by atoms with Crippen molar-refractivity contribution in [2.45, 2.75) is 109 Å². The summed E-state index contributed by atoms with van der Waals surface area (Å²) in [5, 5.41) is 11.8. The molecular weight excluding hydrogens is 737 g/mol. The molecule has 2 aliphatic rings. The summed E-state index contributed by atoms with van der Waals surface area (Å²) < 4.78 is 21.9. The van der Waals surface area contributed by atoms with Gasteiger partial charge in [-0.05, 0) is 152 Å². The number of esters is 2. The molecule has 0 unspecified atom stereocenters. The molecule has 0 heterocycles. The number of aryl methyl sites for hydroxylation is 2. The number of carbonyl (C=O) groups excluding carboxylic acids is 4. The van der Waals surface area contributed by atoms with Crippen molar-refractivity contribution in [2.24, 2.45) is 0 Å². The Bertz CT molecular complexity index is 1920. The number of rotatable bonds is 11. The Morgan fingerprint density at radius 3 is 1.22 bits per heavy atom. The molecule has 12 heteroatoms. The summed E-state index contributed by atoms with van der Waals surface area (Å²) in [6.45, 7) is 7.68. The molecule has 0 aromatic heterocycles. The Morgan fingerprint density at radius 1 is 0.517 bits per heavy atom. The molecule has 12 nitrogen and oxygen atoms in total. The predicted molar refractivity (Wildman–Crippen MR) is 225 cm³/mol. The van der Waals surface area contributed by atoms with Crippen LogP contribution in [0.5, 0.6) is 11.5 Å². The summed E-state index contributed by atoms with van der Waals surface area (Å²) >= 11 is 0. The van der Waals surface area contributed by atoms with Gasteiger partial charge < -0.3 is 40.2 Å². The number of nitrogens with one attached hydrogen (secondary N) is 4. The summed E-state index contributed by atoms with van der Waals surface area (Å²) in [4.78, 5) is 47.7. The minimum absolute atomic E-state index is 0.108. The molecule has 2 saturated carbocycles. The van der Waals surface area contributed by atoms with Gasteiger partial charge in [-0.2, -0.15) is 0 Å². The molecule has 0 aliphatic heterocycles. The predicted octanol–water partition coefficient (Wildman–Crippen LogP) is 9.37. The van der Waals surface area contributed by atoms with Crippen LogP contribution in [0.25, 0.3) is 0 Å². The number of amides is 4. The molecule has 4 aromatic rings. The molecule has 0 bridgehead atoms. The van der Waals surface area contributed by atoms with E-state index in [1.54, 1.807) is 48.5 Å². The standard InChI is InChI=1S/C24H30N2O4.C22H26N2O4/c1-16(2)29-23(27)18-6-12-21(13-7-18)30-22-14-10-20(11-15-22)26-24(28)25-19-8-4-17(3)5-9-19;1-15-3-7-17(8-4-15)23-22(26)24-18-9-13-20(14-10-18)28-19-11-5-16(6-12-19)21(25)27-2/h4-9,12-13,16,20,22H,10-11,14-15H2,1-3H3,(H2,25,26,28);3-8,11-12,18,20H,9-10,13-14H2,1-2H3,(H2,23,24,26). The van der Waals surface area contributed by atoms with Crippen molar-refractivity contribution < 1.29 is 38.1 Å². The zero-order chi connectivity index (χ0) is 41.4. The fourth-order valence-electron chi connectivity index (χ4n) is 6.75. The molecule has 2 aliphatic carbocycles. The van der Waals surface area contributed by atoms with Gasteiger partial charge >= 0.3 is 24.0 Å². The third-order valence-corrected chi connectivity index (χ3v) is 9.95. The highest BCUT2D eigenvalue weighted by molar-refractivity contribution is 5.91. The molecule has 58 heavy (non-hydrogen) atoms. The van der Waals surface area contributed by atoms with Crippen molar-refractivity contribution in [3.05, 3.63) is 119 Å². The topological polar surface area (TPSA) is 153 Å². The lowest BCUT2D eigenvalue weighted by atomic mass is 9.93. The summed E-state index contributed by atoms with van der Waals surface area (Å²) in [7, 11) is 1.36. The first-order valence-corrected chi connectivity index (χ1v) is 20.0. The lowest BCUT2D eigenvalue weighted by Gasteiger charge is -2.29. The maximum atomic E-state index is 12.2. The van der Waals surface area contributed by atoms with E-state index in [-0.39, 0.29) is 54.4 Å². The first-order valence-electron chi connectivity index (χ1n) is 20.0. The minimum Gasteiger partial charge on any atom is -0.490 e. The van der Waals surface area contributed by atoms with Crippen LogP contribution >= 0.6 is 0 Å².